The second-order valence-electron chi connectivity index (χ2n) is 3.66. The molecule has 0 radical (unpaired) electrons. The molecule has 9 nitrogen and oxygen atoms in total. The van der Waals surface area contributed by atoms with Crippen LogP contribution in [-0.4, -0.2) is 107 Å². The van der Waals surface area contributed by atoms with Gasteiger partial charge in [-0.3, -0.25) is 0 Å². The summed E-state index contributed by atoms with van der Waals surface area (Å²) in [5, 5.41) is 59.1. The molecular weight excluding hydrogens is 276 g/mol. The summed E-state index contributed by atoms with van der Waals surface area (Å²) in [6.45, 7) is 0.447. The lowest BCUT2D eigenvalue weighted by Gasteiger charge is -2.19. The van der Waals surface area contributed by atoms with Gasteiger partial charge in [0.1, 0.15) is 18.3 Å². The van der Waals surface area contributed by atoms with Gasteiger partial charge in [-0.15, -0.1) is 0 Å². The standard InChI is InChI=1S/C6H14O4.C5H12O5/c7-1-3-9-5-6-10-4-2-8;6-1-3(8)5(10)4(9)2-7/h7-8H,1-6H2;3-10H,1-2H2. The van der Waals surface area contributed by atoms with Crippen LogP contribution < -0.4 is 0 Å². The van der Waals surface area contributed by atoms with Crippen LogP contribution in [0.1, 0.15) is 0 Å². The van der Waals surface area contributed by atoms with Crippen molar-refractivity contribution in [3.05, 3.63) is 0 Å². The van der Waals surface area contributed by atoms with Gasteiger partial charge in [0.15, 0.2) is 0 Å². The predicted molar refractivity (Wildman–Crippen MR) is 68.0 cm³/mol. The number of aliphatic hydroxyl groups excluding tert-OH is 7. The minimum absolute atomic E-state index is 0.0417. The molecule has 0 amide bonds. The second-order valence-corrected chi connectivity index (χ2v) is 3.66. The van der Waals surface area contributed by atoms with E-state index >= 15 is 0 Å². The summed E-state index contributed by atoms with van der Waals surface area (Å²) in [5.41, 5.74) is 0. The fourth-order valence-corrected chi connectivity index (χ4v) is 0.924. The van der Waals surface area contributed by atoms with Crippen molar-refractivity contribution in [1.82, 2.24) is 0 Å². The van der Waals surface area contributed by atoms with Gasteiger partial charge < -0.3 is 45.2 Å². The van der Waals surface area contributed by atoms with Crippen molar-refractivity contribution in [2.75, 3.05) is 52.9 Å². The molecule has 0 aromatic rings. The molecule has 0 spiro atoms. The molecule has 0 aromatic carbocycles. The van der Waals surface area contributed by atoms with Crippen molar-refractivity contribution >= 4 is 0 Å². The molecule has 0 heterocycles. The van der Waals surface area contributed by atoms with E-state index in [4.69, 9.17) is 45.2 Å². The van der Waals surface area contributed by atoms with Gasteiger partial charge in [0, 0.05) is 0 Å². The summed E-state index contributed by atoms with van der Waals surface area (Å²) in [6.07, 6.45) is -4.29. The molecule has 0 fully saturated rings. The first-order valence-electron chi connectivity index (χ1n) is 6.18. The van der Waals surface area contributed by atoms with Crippen LogP contribution in [0.2, 0.25) is 0 Å². The first-order valence-corrected chi connectivity index (χ1v) is 6.18. The maximum atomic E-state index is 8.77. The van der Waals surface area contributed by atoms with Gasteiger partial charge in [0.25, 0.3) is 0 Å². The Bertz CT molecular complexity index is 163. The first-order chi connectivity index (χ1) is 9.54. The van der Waals surface area contributed by atoms with E-state index in [2.05, 4.69) is 0 Å². The topological polar surface area (TPSA) is 160 Å². The van der Waals surface area contributed by atoms with E-state index in [1.165, 1.54) is 0 Å². The fourth-order valence-electron chi connectivity index (χ4n) is 0.924. The van der Waals surface area contributed by atoms with Crippen LogP contribution in [0.25, 0.3) is 0 Å². The van der Waals surface area contributed by atoms with E-state index in [9.17, 15) is 0 Å². The molecule has 2 unspecified atom stereocenters. The Morgan fingerprint density at radius 3 is 1.20 bits per heavy atom. The molecule has 2 atom stereocenters. The van der Waals surface area contributed by atoms with Crippen molar-refractivity contribution in [3.8, 4) is 0 Å². The Balaban J connectivity index is 0. The maximum absolute atomic E-state index is 8.77. The summed E-state index contributed by atoms with van der Waals surface area (Å²) in [4.78, 5) is 0. The number of aliphatic hydroxyl groups is 7. The third kappa shape index (κ3) is 14.1. The Labute approximate surface area is 117 Å². The summed E-state index contributed by atoms with van der Waals surface area (Å²) < 4.78 is 9.75. The third-order valence-corrected chi connectivity index (χ3v) is 2.01. The molecule has 7 N–H and O–H groups in total. The molecule has 0 saturated carbocycles. The van der Waals surface area contributed by atoms with Gasteiger partial charge in [-0.05, 0) is 0 Å². The van der Waals surface area contributed by atoms with Crippen LogP contribution in [0.5, 0.6) is 0 Å². The van der Waals surface area contributed by atoms with E-state index in [0.29, 0.717) is 26.4 Å². The zero-order valence-corrected chi connectivity index (χ0v) is 11.3. The largest absolute Gasteiger partial charge is 0.394 e. The molecule has 0 aliphatic rings. The summed E-state index contributed by atoms with van der Waals surface area (Å²) >= 11 is 0. The minimum atomic E-state index is -1.49. The number of hydrogen-bond acceptors (Lipinski definition) is 9. The van der Waals surface area contributed by atoms with Gasteiger partial charge in [-0.25, -0.2) is 0 Å². The average Bonchev–Trinajstić information content (AvgIpc) is 2.49. The molecule has 9 heteroatoms. The highest BCUT2D eigenvalue weighted by Crippen LogP contribution is 1.98. The predicted octanol–water partition coefficient (Wildman–Crippen LogP) is -3.94. The van der Waals surface area contributed by atoms with Crippen molar-refractivity contribution in [1.29, 1.82) is 0 Å². The van der Waals surface area contributed by atoms with Gasteiger partial charge in [-0.1, -0.05) is 0 Å². The van der Waals surface area contributed by atoms with Crippen molar-refractivity contribution in [2.45, 2.75) is 18.3 Å². The van der Waals surface area contributed by atoms with Crippen molar-refractivity contribution in [3.63, 3.8) is 0 Å². The van der Waals surface area contributed by atoms with Crippen LogP contribution in [0.3, 0.4) is 0 Å². The van der Waals surface area contributed by atoms with Crippen molar-refractivity contribution < 1.29 is 45.2 Å². The van der Waals surface area contributed by atoms with E-state index in [-0.39, 0.29) is 13.2 Å². The molecule has 20 heavy (non-hydrogen) atoms. The molecule has 0 aliphatic carbocycles. The minimum Gasteiger partial charge on any atom is -0.394 e. The number of ether oxygens (including phenoxy) is 2. The monoisotopic (exact) mass is 302 g/mol. The number of rotatable bonds is 11. The third-order valence-electron chi connectivity index (χ3n) is 2.01. The fraction of sp³-hybridized carbons (Fsp3) is 1.00. The van der Waals surface area contributed by atoms with Gasteiger partial charge in [0.2, 0.25) is 0 Å². The van der Waals surface area contributed by atoms with E-state index in [1.807, 2.05) is 0 Å². The van der Waals surface area contributed by atoms with Gasteiger partial charge in [0.05, 0.1) is 52.9 Å². The van der Waals surface area contributed by atoms with Crippen LogP contribution in [0.4, 0.5) is 0 Å². The zero-order chi connectivity index (χ0) is 15.8. The SMILES string of the molecule is OCC(O)C(O)C(O)CO.OCCOCCOCCO. The number of hydrogen-bond donors (Lipinski definition) is 7. The van der Waals surface area contributed by atoms with Gasteiger partial charge >= 0.3 is 0 Å². The lowest BCUT2D eigenvalue weighted by Crippen LogP contribution is -2.41. The van der Waals surface area contributed by atoms with Crippen molar-refractivity contribution in [2.24, 2.45) is 0 Å². The maximum Gasteiger partial charge on any atom is 0.110 e. The van der Waals surface area contributed by atoms with Crippen LogP contribution in [0.15, 0.2) is 0 Å². The smallest absolute Gasteiger partial charge is 0.110 e. The first kappa shape index (κ1) is 21.9. The average molecular weight is 302 g/mol. The quantitative estimate of drug-likeness (QED) is 0.189. The summed E-state index contributed by atoms with van der Waals surface area (Å²) in [6, 6.07) is 0. The molecule has 0 bridgehead atoms. The molecule has 124 valence electrons. The summed E-state index contributed by atoms with van der Waals surface area (Å²) in [5.74, 6) is 0. The highest BCUT2D eigenvalue weighted by atomic mass is 16.5. The Kier molecular flexibility index (Phi) is 18.3. The molecule has 0 aromatic heterocycles. The summed E-state index contributed by atoms with van der Waals surface area (Å²) in [7, 11) is 0. The van der Waals surface area contributed by atoms with Crippen LogP contribution in [0, 0.1) is 0 Å². The Morgan fingerprint density at radius 2 is 0.950 bits per heavy atom. The lowest BCUT2D eigenvalue weighted by atomic mass is 10.1. The Hall–Kier alpha value is -0.360. The lowest BCUT2D eigenvalue weighted by molar-refractivity contribution is -0.0900. The van der Waals surface area contributed by atoms with Crippen LogP contribution in [-0.2, 0) is 9.47 Å². The highest BCUT2D eigenvalue weighted by Gasteiger charge is 2.22. The Morgan fingerprint density at radius 1 is 0.600 bits per heavy atom. The highest BCUT2D eigenvalue weighted by molar-refractivity contribution is 4.73. The normalized spacial score (nSPS) is 15.2. The van der Waals surface area contributed by atoms with Crippen LogP contribution >= 0.6 is 0 Å². The molecule has 0 rings (SSSR count). The van der Waals surface area contributed by atoms with E-state index < -0.39 is 31.5 Å². The van der Waals surface area contributed by atoms with E-state index in [0.717, 1.165) is 0 Å². The molecule has 0 aliphatic heterocycles. The second kappa shape index (κ2) is 16.7. The van der Waals surface area contributed by atoms with E-state index in [1.54, 1.807) is 0 Å². The van der Waals surface area contributed by atoms with Gasteiger partial charge in [-0.2, -0.15) is 0 Å². The molecule has 0 saturated heterocycles. The molecular formula is C11H26O9. The zero-order valence-electron chi connectivity index (χ0n) is 11.3.